The molecular formula is C4H4N2O2. The van der Waals surface area contributed by atoms with Crippen molar-refractivity contribution >= 4 is 0 Å². The normalized spacial score (nSPS) is 9.00. The van der Waals surface area contributed by atoms with E-state index in [0.717, 1.165) is 0 Å². The second-order valence-corrected chi connectivity index (χ2v) is 1.30. The fourth-order valence-corrected chi connectivity index (χ4v) is 0.383. The highest BCUT2D eigenvalue weighted by Crippen LogP contribution is 1.51. The minimum Gasteiger partial charge on any atom is -0.314 e. The zero-order chi connectivity index (χ0) is 5.98. The van der Waals surface area contributed by atoms with Crippen LogP contribution in [0, 0.1) is 0 Å². The lowest BCUT2D eigenvalue weighted by Gasteiger charge is -1.75. The van der Waals surface area contributed by atoms with Crippen molar-refractivity contribution < 1.29 is 0 Å². The number of H-pyrrole nitrogens is 2. The van der Waals surface area contributed by atoms with Crippen molar-refractivity contribution in [1.82, 2.24) is 9.97 Å². The lowest BCUT2D eigenvalue weighted by atomic mass is 10.8. The maximum atomic E-state index is 10.2. The number of rotatable bonds is 0. The lowest BCUT2D eigenvalue weighted by Crippen LogP contribution is -2.19. The van der Waals surface area contributed by atoms with Gasteiger partial charge in [-0.25, -0.2) is 4.79 Å². The molecule has 0 bridgehead atoms. The predicted octanol–water partition coefficient (Wildman–Crippen LogP) is -0.937. The highest BCUT2D eigenvalue weighted by Gasteiger charge is 1.77. The standard InChI is InChI=1S/C4H4N2O2/c7-3-1-2-5-4(8)6-3/h1-2H,(H2,5,6,7,8)/i3+1. The van der Waals surface area contributed by atoms with Gasteiger partial charge in [-0.2, -0.15) is 0 Å². The Bertz CT molecular complexity index is 246. The summed E-state index contributed by atoms with van der Waals surface area (Å²) >= 11 is 0. The van der Waals surface area contributed by atoms with Crippen molar-refractivity contribution in [3.63, 3.8) is 0 Å². The summed E-state index contributed by atoms with van der Waals surface area (Å²) in [6.07, 6.45) is 1.29. The van der Waals surface area contributed by atoms with Crippen LogP contribution < -0.4 is 11.2 Å². The van der Waals surface area contributed by atoms with Gasteiger partial charge >= 0.3 is 5.69 Å². The summed E-state index contributed by atoms with van der Waals surface area (Å²) in [5.74, 6) is 0. The molecule has 0 saturated carbocycles. The molecule has 1 aromatic heterocycles. The van der Waals surface area contributed by atoms with Gasteiger partial charge in [0.25, 0.3) is 5.56 Å². The molecule has 0 atom stereocenters. The molecule has 0 saturated heterocycles. The lowest BCUT2D eigenvalue weighted by molar-refractivity contribution is 1.04. The average Bonchev–Trinajstić information content (AvgIpc) is 1.64. The molecule has 1 aromatic rings. The Morgan fingerprint density at radius 2 is 2.12 bits per heavy atom. The Morgan fingerprint density at radius 3 is 2.50 bits per heavy atom. The van der Waals surface area contributed by atoms with Gasteiger partial charge in [0.15, 0.2) is 0 Å². The van der Waals surface area contributed by atoms with E-state index < -0.39 is 5.69 Å². The fraction of sp³-hybridized carbons (Fsp3) is 0. The number of nitrogens with one attached hydrogen (secondary N) is 2. The van der Waals surface area contributed by atoms with Crippen LogP contribution in [-0.2, 0) is 0 Å². The van der Waals surface area contributed by atoms with Crippen LogP contribution in [0.1, 0.15) is 0 Å². The zero-order valence-electron chi connectivity index (χ0n) is 3.97. The smallest absolute Gasteiger partial charge is 0.314 e. The number of aromatic nitrogens is 2. The van der Waals surface area contributed by atoms with E-state index in [1.165, 1.54) is 12.3 Å². The van der Waals surface area contributed by atoms with Gasteiger partial charge in [0.05, 0.1) is 0 Å². The highest BCUT2D eigenvalue weighted by molar-refractivity contribution is 4.77. The highest BCUT2D eigenvalue weighted by atomic mass is 16.2. The third-order valence-electron chi connectivity index (χ3n) is 0.686. The summed E-state index contributed by atoms with van der Waals surface area (Å²) in [6, 6.07) is 1.24. The molecule has 1 heterocycles. The molecule has 0 aliphatic heterocycles. The van der Waals surface area contributed by atoms with Crippen LogP contribution in [0.2, 0.25) is 0 Å². The molecule has 0 unspecified atom stereocenters. The second kappa shape index (κ2) is 1.65. The molecule has 0 fully saturated rings. The summed E-state index contributed by atoms with van der Waals surface area (Å²) in [6.45, 7) is 0. The van der Waals surface area contributed by atoms with Crippen LogP contribution in [0.5, 0.6) is 0 Å². The van der Waals surface area contributed by atoms with Crippen LogP contribution >= 0.6 is 0 Å². The van der Waals surface area contributed by atoms with Gasteiger partial charge in [-0.1, -0.05) is 0 Å². The molecule has 1 rings (SSSR count). The van der Waals surface area contributed by atoms with Crippen molar-refractivity contribution in [3.05, 3.63) is 33.1 Å². The van der Waals surface area contributed by atoms with Gasteiger partial charge < -0.3 is 4.98 Å². The maximum absolute atomic E-state index is 10.2. The van der Waals surface area contributed by atoms with Gasteiger partial charge in [0.2, 0.25) is 0 Å². The Balaban J connectivity index is 3.50. The van der Waals surface area contributed by atoms with Crippen molar-refractivity contribution in [1.29, 1.82) is 0 Å². The monoisotopic (exact) mass is 113 g/mol. The first kappa shape index (κ1) is 4.83. The van der Waals surface area contributed by atoms with Crippen LogP contribution in [0.15, 0.2) is 21.9 Å². The fourth-order valence-electron chi connectivity index (χ4n) is 0.383. The third kappa shape index (κ3) is 0.841. The van der Waals surface area contributed by atoms with Gasteiger partial charge in [-0.05, 0) is 0 Å². The first-order chi connectivity index (χ1) is 3.79. The average molecular weight is 113 g/mol. The summed E-state index contributed by atoms with van der Waals surface area (Å²) in [5.41, 5.74) is -0.855. The van der Waals surface area contributed by atoms with E-state index in [2.05, 4.69) is 4.98 Å². The SMILES string of the molecule is O=c1[nH]cc[13c](=O)[nH]1. The van der Waals surface area contributed by atoms with E-state index in [1.54, 1.807) is 0 Å². The van der Waals surface area contributed by atoms with Crippen molar-refractivity contribution in [3.8, 4) is 0 Å². The molecule has 2 N–H and O–H groups in total. The van der Waals surface area contributed by atoms with Gasteiger partial charge in [0, 0.05) is 12.3 Å². The van der Waals surface area contributed by atoms with Crippen LogP contribution in [0.4, 0.5) is 0 Å². The molecule has 8 heavy (non-hydrogen) atoms. The number of aromatic amines is 2. The topological polar surface area (TPSA) is 65.7 Å². The molecule has 0 spiro atoms. The quantitative estimate of drug-likeness (QED) is 0.456. The minimum atomic E-state index is -0.475. The Labute approximate surface area is 44.2 Å². The van der Waals surface area contributed by atoms with Gasteiger partial charge in [-0.15, -0.1) is 0 Å². The van der Waals surface area contributed by atoms with E-state index in [0.29, 0.717) is 0 Å². The summed E-state index contributed by atoms with van der Waals surface area (Å²) < 4.78 is 0. The Morgan fingerprint density at radius 1 is 1.38 bits per heavy atom. The van der Waals surface area contributed by atoms with Crippen molar-refractivity contribution in [2.24, 2.45) is 0 Å². The molecular weight excluding hydrogens is 109 g/mol. The van der Waals surface area contributed by atoms with Crippen molar-refractivity contribution in [2.75, 3.05) is 0 Å². The first-order valence-corrected chi connectivity index (χ1v) is 2.07. The summed E-state index contributed by atoms with van der Waals surface area (Å²) in [7, 11) is 0. The van der Waals surface area contributed by atoms with Crippen LogP contribution in [0.3, 0.4) is 0 Å². The van der Waals surface area contributed by atoms with E-state index >= 15 is 0 Å². The van der Waals surface area contributed by atoms with E-state index in [-0.39, 0.29) is 5.56 Å². The van der Waals surface area contributed by atoms with Crippen molar-refractivity contribution in [2.45, 2.75) is 0 Å². The largest absolute Gasteiger partial charge is 0.325 e. The number of hydrogen-bond acceptors (Lipinski definition) is 2. The Kier molecular flexibility index (Phi) is 0.997. The molecule has 0 aliphatic carbocycles. The molecule has 0 aliphatic rings. The predicted molar refractivity (Wildman–Crippen MR) is 27.7 cm³/mol. The molecule has 4 heteroatoms. The number of hydrogen-bond donors (Lipinski definition) is 2. The van der Waals surface area contributed by atoms with Gasteiger partial charge in [-0.3, -0.25) is 9.78 Å². The Hall–Kier alpha value is -1.32. The second-order valence-electron chi connectivity index (χ2n) is 1.30. The zero-order valence-corrected chi connectivity index (χ0v) is 3.97. The first-order valence-electron chi connectivity index (χ1n) is 2.07. The summed E-state index contributed by atoms with van der Waals surface area (Å²) in [4.78, 5) is 24.7. The van der Waals surface area contributed by atoms with E-state index in [4.69, 9.17) is 0 Å². The molecule has 4 nitrogen and oxygen atoms in total. The minimum absolute atomic E-state index is 0.381. The van der Waals surface area contributed by atoms with Gasteiger partial charge in [0.1, 0.15) is 0 Å². The maximum Gasteiger partial charge on any atom is 0.325 e. The van der Waals surface area contributed by atoms with E-state index in [9.17, 15) is 9.59 Å². The molecule has 0 amide bonds. The van der Waals surface area contributed by atoms with Crippen LogP contribution in [-0.4, -0.2) is 9.97 Å². The van der Waals surface area contributed by atoms with E-state index in [1.807, 2.05) is 4.98 Å². The molecule has 0 aromatic carbocycles. The third-order valence-corrected chi connectivity index (χ3v) is 0.686. The molecule has 42 valence electrons. The van der Waals surface area contributed by atoms with Crippen LogP contribution in [0.25, 0.3) is 0 Å². The summed E-state index contributed by atoms with van der Waals surface area (Å²) in [5, 5.41) is 0. The molecule has 0 radical (unpaired) electrons.